The second-order valence-corrected chi connectivity index (χ2v) is 13.2. The van der Waals surface area contributed by atoms with Gasteiger partial charge in [0.2, 0.25) is 12.0 Å². The van der Waals surface area contributed by atoms with Gasteiger partial charge in [0.05, 0.1) is 39.3 Å². The molecule has 2 heterocycles. The van der Waals surface area contributed by atoms with Crippen LogP contribution in [0, 0.1) is 28.6 Å². The summed E-state index contributed by atoms with van der Waals surface area (Å²) in [5, 5.41) is 22.8. The fraction of sp³-hybridized carbons (Fsp3) is 0.677. The highest BCUT2D eigenvalue weighted by molar-refractivity contribution is 5.99. The minimum Gasteiger partial charge on any atom is -0.469 e. The summed E-state index contributed by atoms with van der Waals surface area (Å²) in [7, 11) is 1.16. The molecule has 0 aromatic heterocycles. The number of amides is 1. The summed E-state index contributed by atoms with van der Waals surface area (Å²) in [6.07, 6.45) is -5.73. The zero-order chi connectivity index (χ0) is 34.3. The number of primary amides is 1. The van der Waals surface area contributed by atoms with Crippen LogP contribution in [-0.2, 0) is 52.5 Å². The van der Waals surface area contributed by atoms with Gasteiger partial charge < -0.3 is 45.4 Å². The number of esters is 4. The van der Waals surface area contributed by atoms with Gasteiger partial charge in [-0.2, -0.15) is 0 Å². The second kappa shape index (κ2) is 13.2. The normalized spacial score (nSPS) is 36.0. The van der Waals surface area contributed by atoms with E-state index in [1.165, 1.54) is 6.08 Å². The maximum Gasteiger partial charge on any atom is 0.348 e. The summed E-state index contributed by atoms with van der Waals surface area (Å²) < 4.78 is 27.8. The number of fused-ring (bicyclic) bond motifs is 2. The molecule has 1 saturated carbocycles. The van der Waals surface area contributed by atoms with Gasteiger partial charge >= 0.3 is 23.9 Å². The molecular formula is C31H42N2O13. The molecule has 0 aromatic rings. The van der Waals surface area contributed by atoms with Crippen molar-refractivity contribution in [3.8, 4) is 0 Å². The Morgan fingerprint density at radius 3 is 2.46 bits per heavy atom. The number of hydrogen-bond donors (Lipinski definition) is 4. The molecule has 3 fully saturated rings. The Morgan fingerprint density at radius 2 is 1.85 bits per heavy atom. The first-order valence-corrected chi connectivity index (χ1v) is 15.0. The standard InChI is InChI=1S/C31H42N2O13/c1-13(2)6-23(38)45-26-16(8-22(37)42-5)31-12-43-11-19(35)24(39)27(31)30(4)10-18(34)25(46-28(40)17(32)9-21(33)36)14(3)15(30)7-20(31)44-29(26)41/h6,15-17,19-20,24,26-27,35,39H,7-12,32H2,1-5H3,(H2,33,36)/t15-,16+,17-,19+,20+,24-,26+,27?,30-,31+/m0/s1. The fourth-order valence-corrected chi connectivity index (χ4v) is 8.10. The zero-order valence-corrected chi connectivity index (χ0v) is 26.5. The molecule has 4 rings (SSSR count). The zero-order valence-electron chi connectivity index (χ0n) is 26.5. The average molecular weight is 651 g/mol. The number of rotatable bonds is 8. The van der Waals surface area contributed by atoms with Crippen molar-refractivity contribution in [2.24, 2.45) is 40.1 Å². The third-order valence-electron chi connectivity index (χ3n) is 9.92. The lowest BCUT2D eigenvalue weighted by Crippen LogP contribution is -2.71. The van der Waals surface area contributed by atoms with Crippen LogP contribution >= 0.6 is 0 Å². The lowest BCUT2D eigenvalue weighted by molar-refractivity contribution is -0.266. The maximum absolute atomic E-state index is 13.7. The van der Waals surface area contributed by atoms with Crippen molar-refractivity contribution < 1.29 is 62.7 Å². The van der Waals surface area contributed by atoms with Crippen LogP contribution in [0.5, 0.6) is 0 Å². The molecule has 0 aromatic carbocycles. The molecule has 15 nitrogen and oxygen atoms in total. The maximum atomic E-state index is 13.7. The Balaban J connectivity index is 1.88. The van der Waals surface area contributed by atoms with Crippen LogP contribution in [-0.4, -0.2) is 96.6 Å². The van der Waals surface area contributed by atoms with Crippen molar-refractivity contribution in [1.82, 2.24) is 0 Å². The number of Topliss-reactive ketones (excluding diaryl/α,β-unsaturated/α-hetero) is 1. The van der Waals surface area contributed by atoms with E-state index in [0.29, 0.717) is 11.1 Å². The Labute approximate surface area is 265 Å². The summed E-state index contributed by atoms with van der Waals surface area (Å²) in [4.78, 5) is 77.0. The number of methoxy groups -OCH3 is 1. The summed E-state index contributed by atoms with van der Waals surface area (Å²) in [6.45, 7) is 6.07. The fourth-order valence-electron chi connectivity index (χ4n) is 8.10. The molecule has 15 heteroatoms. The van der Waals surface area contributed by atoms with Crippen molar-refractivity contribution in [1.29, 1.82) is 0 Å². The smallest absolute Gasteiger partial charge is 0.348 e. The molecule has 0 radical (unpaired) electrons. The van der Waals surface area contributed by atoms with Crippen LogP contribution in [0.25, 0.3) is 0 Å². The van der Waals surface area contributed by atoms with Gasteiger partial charge in [-0.3, -0.25) is 14.4 Å². The summed E-state index contributed by atoms with van der Waals surface area (Å²) in [6, 6.07) is -1.42. The monoisotopic (exact) mass is 650 g/mol. The molecule has 0 bridgehead atoms. The van der Waals surface area contributed by atoms with E-state index in [0.717, 1.165) is 7.11 Å². The Bertz CT molecular complexity index is 1370. The number of ether oxygens (including phenoxy) is 5. The van der Waals surface area contributed by atoms with Crippen LogP contribution in [0.4, 0.5) is 0 Å². The first-order chi connectivity index (χ1) is 21.5. The van der Waals surface area contributed by atoms with Crippen LogP contribution in [0.15, 0.2) is 23.0 Å². The first kappa shape index (κ1) is 35.2. The van der Waals surface area contributed by atoms with Crippen LogP contribution < -0.4 is 11.5 Å². The van der Waals surface area contributed by atoms with Gasteiger partial charge in [-0.05, 0) is 44.1 Å². The topological polar surface area (TPSA) is 241 Å². The number of nitrogens with two attached hydrogens (primary N) is 2. The van der Waals surface area contributed by atoms with E-state index < -0.39 is 107 Å². The minimum absolute atomic E-state index is 0.0325. The van der Waals surface area contributed by atoms with Crippen molar-refractivity contribution in [3.05, 3.63) is 23.0 Å². The summed E-state index contributed by atoms with van der Waals surface area (Å²) in [5.41, 5.74) is 9.13. The van der Waals surface area contributed by atoms with E-state index >= 15 is 0 Å². The van der Waals surface area contributed by atoms with E-state index in [9.17, 15) is 39.0 Å². The number of aliphatic hydroxyl groups is 2. The molecule has 46 heavy (non-hydrogen) atoms. The van der Waals surface area contributed by atoms with Gasteiger partial charge in [0.1, 0.15) is 18.2 Å². The largest absolute Gasteiger partial charge is 0.469 e. The highest BCUT2D eigenvalue weighted by atomic mass is 16.6. The van der Waals surface area contributed by atoms with Crippen molar-refractivity contribution >= 4 is 35.6 Å². The molecule has 4 aliphatic rings. The highest BCUT2D eigenvalue weighted by Crippen LogP contribution is 2.67. The van der Waals surface area contributed by atoms with E-state index in [4.69, 9.17) is 35.2 Å². The van der Waals surface area contributed by atoms with Gasteiger partial charge in [-0.1, -0.05) is 12.5 Å². The van der Waals surface area contributed by atoms with Gasteiger partial charge in [0.25, 0.3) is 0 Å². The SMILES string of the molecule is COC(=O)C[C@@H]1[C@@H](OC(=O)C=C(C)C)C(=O)O[C@@H]2C[C@H]3C(C)=C(OC(=O)[C@@H](N)CC(N)=O)C(=O)C[C@]3(C)C3[C@@H](O)[C@H](O)COC[C@@]312. The highest BCUT2D eigenvalue weighted by Gasteiger charge is 2.72. The molecule has 2 aliphatic carbocycles. The van der Waals surface area contributed by atoms with Gasteiger partial charge in [-0.25, -0.2) is 14.4 Å². The lowest BCUT2D eigenvalue weighted by atomic mass is 9.41. The number of aliphatic hydroxyl groups excluding tert-OH is 2. The summed E-state index contributed by atoms with van der Waals surface area (Å²) >= 11 is 0. The Hall–Kier alpha value is -3.66. The van der Waals surface area contributed by atoms with Crippen LogP contribution in [0.3, 0.4) is 0 Å². The first-order valence-electron chi connectivity index (χ1n) is 15.0. The second-order valence-electron chi connectivity index (χ2n) is 13.2. The Morgan fingerprint density at radius 1 is 1.17 bits per heavy atom. The molecule has 1 amide bonds. The van der Waals surface area contributed by atoms with E-state index in [1.54, 1.807) is 27.7 Å². The number of allylic oxidation sites excluding steroid dienone is 3. The van der Waals surface area contributed by atoms with Gasteiger partial charge in [-0.15, -0.1) is 0 Å². The third kappa shape index (κ3) is 6.20. The van der Waals surface area contributed by atoms with Crippen LogP contribution in [0.2, 0.25) is 0 Å². The number of hydrogen-bond acceptors (Lipinski definition) is 14. The quantitative estimate of drug-likeness (QED) is 0.145. The molecule has 10 atom stereocenters. The number of ketones is 1. The molecule has 2 saturated heterocycles. The molecule has 1 unspecified atom stereocenters. The van der Waals surface area contributed by atoms with E-state index in [1.807, 2.05) is 0 Å². The van der Waals surface area contributed by atoms with Gasteiger partial charge in [0, 0.05) is 29.7 Å². The van der Waals surface area contributed by atoms with Crippen molar-refractivity contribution in [3.63, 3.8) is 0 Å². The number of carbonyl (C=O) groups is 6. The summed E-state index contributed by atoms with van der Waals surface area (Å²) in [5.74, 6) is -8.21. The Kier molecular flexibility index (Phi) is 10.1. The molecule has 1 spiro atoms. The predicted molar refractivity (Wildman–Crippen MR) is 154 cm³/mol. The number of carbonyl (C=O) groups excluding carboxylic acids is 6. The van der Waals surface area contributed by atoms with Crippen molar-refractivity contribution in [2.75, 3.05) is 20.3 Å². The minimum atomic E-state index is -1.62. The average Bonchev–Trinajstić information content (AvgIpc) is 3.08. The molecule has 6 N–H and O–H groups in total. The van der Waals surface area contributed by atoms with Gasteiger partial charge in [0.15, 0.2) is 11.5 Å². The molecule has 254 valence electrons. The van der Waals surface area contributed by atoms with Crippen LogP contribution in [0.1, 0.15) is 53.4 Å². The predicted octanol–water partition coefficient (Wildman–Crippen LogP) is -0.657. The van der Waals surface area contributed by atoms with Crippen molar-refractivity contribution in [2.45, 2.75) is 83.8 Å². The molecular weight excluding hydrogens is 608 g/mol. The van der Waals surface area contributed by atoms with E-state index in [-0.39, 0.29) is 31.8 Å². The third-order valence-corrected chi connectivity index (χ3v) is 9.92. The molecule has 2 aliphatic heterocycles. The van der Waals surface area contributed by atoms with E-state index in [2.05, 4.69) is 0 Å². The lowest BCUT2D eigenvalue weighted by Gasteiger charge is -2.65.